The van der Waals surface area contributed by atoms with Crippen molar-refractivity contribution >= 4 is 11.9 Å². The lowest BCUT2D eigenvalue weighted by Crippen LogP contribution is -2.43. The molecule has 5 nitrogen and oxygen atoms in total. The summed E-state index contributed by atoms with van der Waals surface area (Å²) in [6.45, 7) is 0.585. The normalized spacial score (nSPS) is 34.3. The largest absolute Gasteiger partial charge is 0.480 e. The van der Waals surface area contributed by atoms with Crippen LogP contribution in [0.15, 0.2) is 0 Å². The van der Waals surface area contributed by atoms with Crippen LogP contribution in [0, 0.1) is 5.92 Å². The smallest absolute Gasteiger partial charge is 0.326 e. The van der Waals surface area contributed by atoms with Gasteiger partial charge in [-0.3, -0.25) is 4.79 Å². The van der Waals surface area contributed by atoms with Crippen LogP contribution in [0.1, 0.15) is 32.1 Å². The van der Waals surface area contributed by atoms with Crippen molar-refractivity contribution in [2.75, 3.05) is 6.54 Å². The number of aliphatic carboxylic acids is 1. The maximum atomic E-state index is 12.1. The van der Waals surface area contributed by atoms with E-state index in [0.717, 1.165) is 19.3 Å². The first-order valence-corrected chi connectivity index (χ1v) is 5.88. The van der Waals surface area contributed by atoms with Crippen molar-refractivity contribution in [3.63, 3.8) is 0 Å². The Labute approximate surface area is 94.6 Å². The molecule has 1 aliphatic heterocycles. The molecule has 0 spiro atoms. The molecule has 1 saturated carbocycles. The van der Waals surface area contributed by atoms with E-state index in [1.165, 1.54) is 4.90 Å². The number of hydrogen-bond donors (Lipinski definition) is 2. The van der Waals surface area contributed by atoms with Gasteiger partial charge < -0.3 is 15.7 Å². The highest BCUT2D eigenvalue weighted by Gasteiger charge is 2.38. The number of likely N-dealkylation sites (tertiary alicyclic amines) is 1. The Bertz CT molecular complexity index is 306. The first-order valence-electron chi connectivity index (χ1n) is 5.88. The van der Waals surface area contributed by atoms with Crippen LogP contribution in [0.4, 0.5) is 0 Å². The lowest BCUT2D eigenvalue weighted by molar-refractivity contribution is -0.149. The van der Waals surface area contributed by atoms with E-state index in [-0.39, 0.29) is 17.9 Å². The molecule has 1 saturated heterocycles. The van der Waals surface area contributed by atoms with E-state index in [4.69, 9.17) is 10.8 Å². The third-order valence-electron chi connectivity index (χ3n) is 3.64. The summed E-state index contributed by atoms with van der Waals surface area (Å²) in [5, 5.41) is 9.01. The highest BCUT2D eigenvalue weighted by Crippen LogP contribution is 2.29. The van der Waals surface area contributed by atoms with E-state index in [1.54, 1.807) is 0 Å². The van der Waals surface area contributed by atoms with Gasteiger partial charge in [0.1, 0.15) is 6.04 Å². The van der Waals surface area contributed by atoms with Crippen molar-refractivity contribution in [2.45, 2.75) is 44.2 Å². The molecule has 16 heavy (non-hydrogen) atoms. The SMILES string of the molecule is NC1CCC(C(=O)N2CCCC2C(=O)O)C1. The number of amides is 1. The first-order chi connectivity index (χ1) is 7.59. The van der Waals surface area contributed by atoms with Crippen LogP contribution in [0.2, 0.25) is 0 Å². The molecule has 3 N–H and O–H groups in total. The minimum Gasteiger partial charge on any atom is -0.480 e. The topological polar surface area (TPSA) is 83.6 Å². The monoisotopic (exact) mass is 226 g/mol. The molecule has 0 aromatic heterocycles. The maximum Gasteiger partial charge on any atom is 0.326 e. The molecule has 0 radical (unpaired) electrons. The molecule has 3 atom stereocenters. The summed E-state index contributed by atoms with van der Waals surface area (Å²) in [5.41, 5.74) is 5.77. The molecule has 1 aliphatic carbocycles. The average Bonchev–Trinajstić information content (AvgIpc) is 2.84. The standard InChI is InChI=1S/C11H18N2O3/c12-8-4-3-7(6-8)10(14)13-5-1-2-9(13)11(15)16/h7-9H,1-6,12H2,(H,15,16). The van der Waals surface area contributed by atoms with Gasteiger partial charge in [-0.1, -0.05) is 0 Å². The molecule has 1 amide bonds. The maximum absolute atomic E-state index is 12.1. The van der Waals surface area contributed by atoms with Gasteiger partial charge in [-0.25, -0.2) is 4.79 Å². The summed E-state index contributed by atoms with van der Waals surface area (Å²) < 4.78 is 0. The van der Waals surface area contributed by atoms with E-state index in [9.17, 15) is 9.59 Å². The summed E-state index contributed by atoms with van der Waals surface area (Å²) >= 11 is 0. The summed E-state index contributed by atoms with van der Waals surface area (Å²) in [6, 6.07) is -0.496. The van der Waals surface area contributed by atoms with E-state index in [1.807, 2.05) is 0 Å². The Morgan fingerprint density at radius 2 is 2.00 bits per heavy atom. The minimum absolute atomic E-state index is 0.00199. The van der Waals surface area contributed by atoms with Crippen LogP contribution in [-0.2, 0) is 9.59 Å². The van der Waals surface area contributed by atoms with Crippen LogP contribution >= 0.6 is 0 Å². The Morgan fingerprint density at radius 3 is 2.56 bits per heavy atom. The second kappa shape index (κ2) is 4.41. The molecule has 2 fully saturated rings. The fraction of sp³-hybridized carbons (Fsp3) is 0.818. The molecule has 2 aliphatic rings. The van der Waals surface area contributed by atoms with Gasteiger partial charge in [0.15, 0.2) is 0 Å². The first kappa shape index (κ1) is 11.4. The van der Waals surface area contributed by atoms with Crippen LogP contribution in [0.25, 0.3) is 0 Å². The number of carbonyl (C=O) groups is 2. The predicted molar refractivity (Wildman–Crippen MR) is 57.7 cm³/mol. The van der Waals surface area contributed by atoms with Crippen molar-refractivity contribution < 1.29 is 14.7 Å². The highest BCUT2D eigenvalue weighted by molar-refractivity contribution is 5.85. The molecule has 5 heteroatoms. The zero-order valence-corrected chi connectivity index (χ0v) is 9.26. The Morgan fingerprint density at radius 1 is 1.25 bits per heavy atom. The molecular weight excluding hydrogens is 208 g/mol. The minimum atomic E-state index is -0.881. The summed E-state index contributed by atoms with van der Waals surface area (Å²) in [6.07, 6.45) is 3.77. The van der Waals surface area contributed by atoms with Crippen molar-refractivity contribution in [1.29, 1.82) is 0 Å². The number of nitrogens with zero attached hydrogens (tertiary/aromatic N) is 1. The number of rotatable bonds is 2. The van der Waals surface area contributed by atoms with E-state index >= 15 is 0 Å². The van der Waals surface area contributed by atoms with Gasteiger partial charge in [0, 0.05) is 18.5 Å². The molecule has 3 unspecified atom stereocenters. The predicted octanol–water partition coefficient (Wildman–Crippen LogP) is 0.189. The molecule has 0 bridgehead atoms. The van der Waals surface area contributed by atoms with Gasteiger partial charge in [0.05, 0.1) is 0 Å². The Balaban J connectivity index is 2.01. The fourth-order valence-electron chi connectivity index (χ4n) is 2.76. The third kappa shape index (κ3) is 2.04. The lowest BCUT2D eigenvalue weighted by atomic mass is 10.1. The van der Waals surface area contributed by atoms with Gasteiger partial charge >= 0.3 is 5.97 Å². The highest BCUT2D eigenvalue weighted by atomic mass is 16.4. The van der Waals surface area contributed by atoms with Crippen molar-refractivity contribution in [3.8, 4) is 0 Å². The second-order valence-electron chi connectivity index (χ2n) is 4.80. The quantitative estimate of drug-likeness (QED) is 0.704. The molecule has 90 valence electrons. The number of carboxylic acid groups (broad SMARTS) is 1. The van der Waals surface area contributed by atoms with Crippen LogP contribution in [0.5, 0.6) is 0 Å². The lowest BCUT2D eigenvalue weighted by Gasteiger charge is -2.24. The Hall–Kier alpha value is -1.10. The van der Waals surface area contributed by atoms with E-state index in [2.05, 4.69) is 0 Å². The Kier molecular flexibility index (Phi) is 3.14. The number of nitrogens with two attached hydrogens (primary N) is 1. The summed E-state index contributed by atoms with van der Waals surface area (Å²) in [4.78, 5) is 24.6. The average molecular weight is 226 g/mol. The fourth-order valence-corrected chi connectivity index (χ4v) is 2.76. The van der Waals surface area contributed by atoms with Crippen molar-refractivity contribution in [3.05, 3.63) is 0 Å². The van der Waals surface area contributed by atoms with Crippen molar-refractivity contribution in [1.82, 2.24) is 4.90 Å². The van der Waals surface area contributed by atoms with Crippen LogP contribution in [0.3, 0.4) is 0 Å². The van der Waals surface area contributed by atoms with Gasteiger partial charge in [-0.15, -0.1) is 0 Å². The van der Waals surface area contributed by atoms with E-state index in [0.29, 0.717) is 19.4 Å². The number of carboxylic acids is 1. The van der Waals surface area contributed by atoms with Gasteiger partial charge in [-0.2, -0.15) is 0 Å². The van der Waals surface area contributed by atoms with Crippen LogP contribution in [-0.4, -0.2) is 40.5 Å². The molecule has 2 rings (SSSR count). The van der Waals surface area contributed by atoms with Gasteiger partial charge in [0.2, 0.25) is 5.91 Å². The zero-order valence-electron chi connectivity index (χ0n) is 9.26. The summed E-state index contributed by atoms with van der Waals surface area (Å²) in [5.74, 6) is -0.930. The van der Waals surface area contributed by atoms with Crippen molar-refractivity contribution in [2.24, 2.45) is 11.7 Å². The van der Waals surface area contributed by atoms with E-state index < -0.39 is 12.0 Å². The van der Waals surface area contributed by atoms with Gasteiger partial charge in [0.25, 0.3) is 0 Å². The molecule has 0 aromatic rings. The second-order valence-corrected chi connectivity index (χ2v) is 4.80. The van der Waals surface area contributed by atoms with Gasteiger partial charge in [-0.05, 0) is 32.1 Å². The number of hydrogen-bond acceptors (Lipinski definition) is 3. The third-order valence-corrected chi connectivity index (χ3v) is 3.64. The molecular formula is C11H18N2O3. The summed E-state index contributed by atoms with van der Waals surface area (Å²) in [7, 11) is 0. The van der Waals surface area contributed by atoms with Crippen LogP contribution < -0.4 is 5.73 Å². The molecule has 1 heterocycles. The number of carbonyl (C=O) groups excluding carboxylic acids is 1. The zero-order chi connectivity index (χ0) is 11.7. The molecule has 0 aromatic carbocycles.